The average molecular weight is 284 g/mol. The summed E-state index contributed by atoms with van der Waals surface area (Å²) in [5.74, 6) is 0. The number of thiophene rings is 1. The Morgan fingerprint density at radius 1 is 1.39 bits per heavy atom. The van der Waals surface area contributed by atoms with E-state index in [0.29, 0.717) is 13.1 Å². The molecule has 2 aromatic rings. The number of fused-ring (bicyclic) bond motifs is 1. The van der Waals surface area contributed by atoms with Gasteiger partial charge in [-0.1, -0.05) is 36.7 Å². The smallest absolute Gasteiger partial charge is 0.0741 e. The molecule has 1 aromatic heterocycles. The van der Waals surface area contributed by atoms with Crippen LogP contribution in [0.1, 0.15) is 25.1 Å². The Hall–Kier alpha value is -0.610. The van der Waals surface area contributed by atoms with Crippen LogP contribution in [0.15, 0.2) is 24.3 Å². The molecule has 0 aliphatic carbocycles. The van der Waals surface area contributed by atoms with Crippen molar-refractivity contribution >= 4 is 33.0 Å². The molecular formula is C14H18ClNOS. The highest BCUT2D eigenvalue weighted by Crippen LogP contribution is 2.34. The predicted molar refractivity (Wildman–Crippen MR) is 79.5 cm³/mol. The van der Waals surface area contributed by atoms with Crippen LogP contribution in [0.4, 0.5) is 0 Å². The number of nitrogens with one attached hydrogen (secondary N) is 1. The molecule has 2 nitrogen and oxygen atoms in total. The van der Waals surface area contributed by atoms with Gasteiger partial charge in [-0.05, 0) is 19.4 Å². The first-order chi connectivity index (χ1) is 8.53. The number of benzene rings is 1. The monoisotopic (exact) mass is 283 g/mol. The molecule has 0 radical (unpaired) electrons. The van der Waals surface area contributed by atoms with Gasteiger partial charge in [-0.15, -0.1) is 11.3 Å². The second kappa shape index (κ2) is 5.57. The summed E-state index contributed by atoms with van der Waals surface area (Å²) in [6.45, 7) is 5.10. The molecule has 2 N–H and O–H groups in total. The van der Waals surface area contributed by atoms with Crippen LogP contribution in [0.2, 0.25) is 5.02 Å². The molecule has 0 saturated heterocycles. The van der Waals surface area contributed by atoms with Crippen molar-refractivity contribution in [2.45, 2.75) is 32.4 Å². The number of halogens is 1. The lowest BCUT2D eigenvalue weighted by molar-refractivity contribution is 0.0556. The summed E-state index contributed by atoms with van der Waals surface area (Å²) in [5, 5.41) is 15.1. The Balaban J connectivity index is 2.06. The highest BCUT2D eigenvalue weighted by Gasteiger charge is 2.17. The van der Waals surface area contributed by atoms with Crippen molar-refractivity contribution in [1.82, 2.24) is 5.32 Å². The van der Waals surface area contributed by atoms with E-state index < -0.39 is 5.60 Å². The van der Waals surface area contributed by atoms with Crippen molar-refractivity contribution in [2.75, 3.05) is 6.54 Å². The van der Waals surface area contributed by atoms with Crippen molar-refractivity contribution in [2.24, 2.45) is 0 Å². The molecule has 0 bridgehead atoms. The number of aliphatic hydroxyl groups is 1. The second-order valence-corrected chi connectivity index (χ2v) is 6.30. The summed E-state index contributed by atoms with van der Waals surface area (Å²) in [5.41, 5.74) is -0.650. The van der Waals surface area contributed by atoms with Crippen LogP contribution in [0.25, 0.3) is 10.1 Å². The zero-order valence-electron chi connectivity index (χ0n) is 10.7. The molecule has 0 saturated carbocycles. The van der Waals surface area contributed by atoms with E-state index in [1.165, 1.54) is 4.70 Å². The third-order valence-corrected chi connectivity index (χ3v) is 4.87. The molecule has 2 rings (SSSR count). The van der Waals surface area contributed by atoms with Gasteiger partial charge < -0.3 is 10.4 Å². The van der Waals surface area contributed by atoms with Gasteiger partial charge in [0.2, 0.25) is 0 Å². The van der Waals surface area contributed by atoms with Crippen LogP contribution in [-0.4, -0.2) is 17.3 Å². The summed E-state index contributed by atoms with van der Waals surface area (Å²) in [7, 11) is 0. The van der Waals surface area contributed by atoms with Gasteiger partial charge in [-0.25, -0.2) is 0 Å². The van der Waals surface area contributed by atoms with Gasteiger partial charge in [-0.2, -0.15) is 0 Å². The van der Waals surface area contributed by atoms with Crippen LogP contribution in [0.3, 0.4) is 0 Å². The molecule has 0 fully saturated rings. The van der Waals surface area contributed by atoms with Crippen LogP contribution >= 0.6 is 22.9 Å². The Kier molecular flexibility index (Phi) is 4.28. The van der Waals surface area contributed by atoms with Gasteiger partial charge in [0.05, 0.1) is 10.6 Å². The van der Waals surface area contributed by atoms with Crippen molar-refractivity contribution in [3.05, 3.63) is 34.2 Å². The lowest BCUT2D eigenvalue weighted by Crippen LogP contribution is -2.36. The van der Waals surface area contributed by atoms with Crippen LogP contribution in [0, 0.1) is 0 Å². The van der Waals surface area contributed by atoms with Crippen molar-refractivity contribution < 1.29 is 5.11 Å². The third-order valence-electron chi connectivity index (χ3n) is 3.15. The molecule has 4 heteroatoms. The molecule has 1 atom stereocenters. The Morgan fingerprint density at radius 3 is 2.78 bits per heavy atom. The average Bonchev–Trinajstić information content (AvgIpc) is 2.67. The quantitative estimate of drug-likeness (QED) is 0.875. The van der Waals surface area contributed by atoms with Gasteiger partial charge in [0.25, 0.3) is 0 Å². The SMILES string of the molecule is CCC(C)(O)CNCc1sc2ccccc2c1Cl. The fourth-order valence-electron chi connectivity index (χ4n) is 1.75. The van der Waals surface area contributed by atoms with Gasteiger partial charge in [0.15, 0.2) is 0 Å². The van der Waals surface area contributed by atoms with E-state index in [-0.39, 0.29) is 0 Å². The van der Waals surface area contributed by atoms with E-state index >= 15 is 0 Å². The first kappa shape index (κ1) is 13.8. The first-order valence-corrected chi connectivity index (χ1v) is 7.32. The summed E-state index contributed by atoms with van der Waals surface area (Å²) < 4.78 is 1.21. The standard InChI is InChI=1S/C14H18ClNOS/c1-3-14(2,17)9-16-8-12-13(15)10-6-4-5-7-11(10)18-12/h4-7,16-17H,3,8-9H2,1-2H3. The third kappa shape index (κ3) is 3.04. The summed E-state index contributed by atoms with van der Waals surface area (Å²) in [6, 6.07) is 8.14. The zero-order valence-corrected chi connectivity index (χ0v) is 12.2. The minimum atomic E-state index is -0.650. The molecule has 0 aliphatic heterocycles. The minimum absolute atomic E-state index is 0.577. The molecule has 0 aliphatic rings. The topological polar surface area (TPSA) is 32.3 Å². The van der Waals surface area contributed by atoms with E-state index in [9.17, 15) is 5.11 Å². The maximum absolute atomic E-state index is 9.92. The molecule has 0 amide bonds. The Bertz CT molecular complexity index is 536. The number of hydrogen-bond donors (Lipinski definition) is 2. The first-order valence-electron chi connectivity index (χ1n) is 6.12. The molecule has 1 heterocycles. The van der Waals surface area contributed by atoms with Crippen LogP contribution < -0.4 is 5.32 Å². The fraction of sp³-hybridized carbons (Fsp3) is 0.429. The molecular weight excluding hydrogens is 266 g/mol. The maximum atomic E-state index is 9.92. The summed E-state index contributed by atoms with van der Waals surface area (Å²) >= 11 is 8.05. The van der Waals surface area contributed by atoms with Gasteiger partial charge in [0.1, 0.15) is 0 Å². The van der Waals surface area contributed by atoms with Crippen molar-refractivity contribution in [3.63, 3.8) is 0 Å². The lowest BCUT2D eigenvalue weighted by Gasteiger charge is -2.21. The Morgan fingerprint density at radius 2 is 2.11 bits per heavy atom. The van der Waals surface area contributed by atoms with Crippen LogP contribution in [0.5, 0.6) is 0 Å². The van der Waals surface area contributed by atoms with Crippen molar-refractivity contribution in [1.29, 1.82) is 0 Å². The summed E-state index contributed by atoms with van der Waals surface area (Å²) in [6.07, 6.45) is 0.736. The lowest BCUT2D eigenvalue weighted by atomic mass is 10.0. The number of rotatable bonds is 5. The van der Waals surface area contributed by atoms with Crippen molar-refractivity contribution in [3.8, 4) is 0 Å². The molecule has 98 valence electrons. The van der Waals surface area contributed by atoms with E-state index in [1.807, 2.05) is 32.0 Å². The fourth-order valence-corrected chi connectivity index (χ4v) is 3.22. The molecule has 1 unspecified atom stereocenters. The summed E-state index contributed by atoms with van der Waals surface area (Å²) in [4.78, 5) is 1.13. The second-order valence-electron chi connectivity index (χ2n) is 4.79. The van der Waals surface area contributed by atoms with E-state index in [4.69, 9.17) is 11.6 Å². The van der Waals surface area contributed by atoms with Gasteiger partial charge in [-0.3, -0.25) is 0 Å². The van der Waals surface area contributed by atoms with E-state index in [2.05, 4.69) is 11.4 Å². The highest BCUT2D eigenvalue weighted by molar-refractivity contribution is 7.19. The minimum Gasteiger partial charge on any atom is -0.389 e. The van der Waals surface area contributed by atoms with E-state index in [0.717, 1.165) is 21.7 Å². The predicted octanol–water partition coefficient (Wildman–Crippen LogP) is 3.81. The Labute approximate surface area is 117 Å². The normalized spacial score (nSPS) is 14.9. The molecule has 18 heavy (non-hydrogen) atoms. The zero-order chi connectivity index (χ0) is 13.2. The van der Waals surface area contributed by atoms with Crippen LogP contribution in [-0.2, 0) is 6.54 Å². The van der Waals surface area contributed by atoms with Gasteiger partial charge in [0, 0.05) is 28.1 Å². The largest absolute Gasteiger partial charge is 0.389 e. The van der Waals surface area contributed by atoms with E-state index in [1.54, 1.807) is 11.3 Å². The molecule has 1 aromatic carbocycles. The highest BCUT2D eigenvalue weighted by atomic mass is 35.5. The number of hydrogen-bond acceptors (Lipinski definition) is 3. The van der Waals surface area contributed by atoms with Gasteiger partial charge >= 0.3 is 0 Å². The molecule has 0 spiro atoms. The maximum Gasteiger partial charge on any atom is 0.0741 e.